The molecule has 0 spiro atoms. The van der Waals surface area contributed by atoms with Crippen molar-refractivity contribution in [2.75, 3.05) is 6.61 Å². The lowest BCUT2D eigenvalue weighted by atomic mass is 10.0. The zero-order valence-electron chi connectivity index (χ0n) is 11.7. The van der Waals surface area contributed by atoms with Gasteiger partial charge in [-0.05, 0) is 17.7 Å². The highest BCUT2D eigenvalue weighted by molar-refractivity contribution is 8.13. The van der Waals surface area contributed by atoms with Crippen molar-refractivity contribution in [2.24, 2.45) is 0 Å². The van der Waals surface area contributed by atoms with E-state index in [4.69, 9.17) is 26.9 Å². The number of benzene rings is 2. The SMILES string of the molecule is C#CCOc1cc(C(=O)O)cc(S(=O)(=O)Cl)c1-c1ccccc1. The third-order valence-electron chi connectivity index (χ3n) is 2.95. The number of terminal acetylenes is 1. The summed E-state index contributed by atoms with van der Waals surface area (Å²) >= 11 is 0. The molecule has 0 radical (unpaired) electrons. The van der Waals surface area contributed by atoms with Crippen LogP contribution < -0.4 is 4.74 Å². The maximum Gasteiger partial charge on any atom is 0.335 e. The molecule has 23 heavy (non-hydrogen) atoms. The standard InChI is InChI=1S/C16H11ClO5S/c1-2-8-22-13-9-12(16(18)19)10-14(23(17,20)21)15(13)11-6-4-3-5-7-11/h1,3-7,9-10H,8H2,(H,18,19). The van der Waals surface area contributed by atoms with E-state index in [0.717, 1.165) is 6.07 Å². The first-order valence-electron chi connectivity index (χ1n) is 6.32. The van der Waals surface area contributed by atoms with E-state index in [1.54, 1.807) is 30.3 Å². The lowest BCUT2D eigenvalue weighted by Crippen LogP contribution is -2.06. The third-order valence-corrected chi connectivity index (χ3v) is 4.30. The van der Waals surface area contributed by atoms with Crippen molar-refractivity contribution in [1.29, 1.82) is 0 Å². The first-order valence-corrected chi connectivity index (χ1v) is 8.63. The molecule has 2 aromatic carbocycles. The summed E-state index contributed by atoms with van der Waals surface area (Å²) in [6.07, 6.45) is 5.15. The highest BCUT2D eigenvalue weighted by atomic mass is 35.7. The van der Waals surface area contributed by atoms with Gasteiger partial charge in [0.05, 0.1) is 10.5 Å². The minimum Gasteiger partial charge on any atom is -0.480 e. The summed E-state index contributed by atoms with van der Waals surface area (Å²) in [7, 11) is 1.27. The third kappa shape index (κ3) is 3.83. The molecule has 0 aliphatic heterocycles. The van der Waals surface area contributed by atoms with Crippen LogP contribution in [0.25, 0.3) is 11.1 Å². The van der Waals surface area contributed by atoms with Crippen molar-refractivity contribution in [3.63, 3.8) is 0 Å². The summed E-state index contributed by atoms with van der Waals surface area (Å²) in [4.78, 5) is 10.9. The Bertz CT molecular complexity index is 883. The predicted molar refractivity (Wildman–Crippen MR) is 86.2 cm³/mol. The van der Waals surface area contributed by atoms with Gasteiger partial charge in [-0.2, -0.15) is 0 Å². The molecule has 0 fully saturated rings. The van der Waals surface area contributed by atoms with Gasteiger partial charge in [0.2, 0.25) is 0 Å². The number of carboxylic acid groups (broad SMARTS) is 1. The molecular weight excluding hydrogens is 340 g/mol. The number of halogens is 1. The van der Waals surface area contributed by atoms with E-state index in [-0.39, 0.29) is 28.4 Å². The Morgan fingerprint density at radius 2 is 1.91 bits per heavy atom. The fraction of sp³-hybridized carbons (Fsp3) is 0.0625. The van der Waals surface area contributed by atoms with Crippen LogP contribution in [0.4, 0.5) is 0 Å². The van der Waals surface area contributed by atoms with Crippen molar-refractivity contribution in [1.82, 2.24) is 0 Å². The molecular formula is C16H11ClO5S. The Hall–Kier alpha value is -2.49. The van der Waals surface area contributed by atoms with Gasteiger partial charge < -0.3 is 9.84 Å². The van der Waals surface area contributed by atoms with E-state index < -0.39 is 15.0 Å². The molecule has 0 aromatic heterocycles. The summed E-state index contributed by atoms with van der Waals surface area (Å²) in [6, 6.07) is 10.7. The lowest BCUT2D eigenvalue weighted by Gasteiger charge is -2.14. The van der Waals surface area contributed by atoms with E-state index in [1.807, 2.05) is 0 Å². The average Bonchev–Trinajstić information content (AvgIpc) is 2.51. The van der Waals surface area contributed by atoms with Gasteiger partial charge in [-0.15, -0.1) is 6.42 Å². The Balaban J connectivity index is 2.84. The Morgan fingerprint density at radius 3 is 2.43 bits per heavy atom. The average molecular weight is 351 g/mol. The Labute approximate surface area is 137 Å². The molecule has 1 N–H and O–H groups in total. The molecule has 2 rings (SSSR count). The molecule has 5 nitrogen and oxygen atoms in total. The van der Waals surface area contributed by atoms with Crippen molar-refractivity contribution in [2.45, 2.75) is 4.90 Å². The van der Waals surface area contributed by atoms with Crippen molar-refractivity contribution < 1.29 is 23.1 Å². The molecule has 0 unspecified atom stereocenters. The minimum absolute atomic E-state index is 0.0354. The second-order valence-electron chi connectivity index (χ2n) is 4.45. The van der Waals surface area contributed by atoms with Gasteiger partial charge in [0.25, 0.3) is 9.05 Å². The number of rotatable bonds is 5. The second kappa shape index (κ2) is 6.73. The van der Waals surface area contributed by atoms with Crippen LogP contribution in [-0.2, 0) is 9.05 Å². The quantitative estimate of drug-likeness (QED) is 0.662. The van der Waals surface area contributed by atoms with Gasteiger partial charge in [-0.1, -0.05) is 36.3 Å². The maximum absolute atomic E-state index is 11.9. The topological polar surface area (TPSA) is 80.7 Å². The van der Waals surface area contributed by atoms with Gasteiger partial charge in [0, 0.05) is 16.2 Å². The van der Waals surface area contributed by atoms with Crippen LogP contribution in [0, 0.1) is 12.3 Å². The molecule has 0 bridgehead atoms. The summed E-state index contributed by atoms with van der Waals surface area (Å²) in [5.41, 5.74) is 0.410. The van der Waals surface area contributed by atoms with Crippen LogP contribution in [0.1, 0.15) is 10.4 Å². The highest BCUT2D eigenvalue weighted by Gasteiger charge is 2.24. The molecule has 0 atom stereocenters. The second-order valence-corrected chi connectivity index (χ2v) is 6.98. The fourth-order valence-corrected chi connectivity index (χ4v) is 3.12. The molecule has 0 amide bonds. The lowest BCUT2D eigenvalue weighted by molar-refractivity contribution is 0.0696. The van der Waals surface area contributed by atoms with Crippen molar-refractivity contribution >= 4 is 25.7 Å². The van der Waals surface area contributed by atoms with Crippen LogP contribution in [0.3, 0.4) is 0 Å². The van der Waals surface area contributed by atoms with Gasteiger partial charge in [-0.25, -0.2) is 13.2 Å². The monoisotopic (exact) mass is 350 g/mol. The Kier molecular flexibility index (Phi) is 4.94. The maximum atomic E-state index is 11.9. The molecule has 2 aromatic rings. The van der Waals surface area contributed by atoms with Crippen LogP contribution in [-0.4, -0.2) is 26.1 Å². The normalized spacial score (nSPS) is 10.8. The highest BCUT2D eigenvalue weighted by Crippen LogP contribution is 2.38. The van der Waals surface area contributed by atoms with Crippen LogP contribution in [0.15, 0.2) is 47.4 Å². The Morgan fingerprint density at radius 1 is 1.26 bits per heavy atom. The molecule has 0 heterocycles. The van der Waals surface area contributed by atoms with E-state index >= 15 is 0 Å². The fourth-order valence-electron chi connectivity index (χ4n) is 2.03. The molecule has 118 valence electrons. The molecule has 7 heteroatoms. The van der Waals surface area contributed by atoms with Crippen LogP contribution >= 0.6 is 10.7 Å². The smallest absolute Gasteiger partial charge is 0.335 e. The molecule has 0 saturated heterocycles. The van der Waals surface area contributed by atoms with Crippen molar-refractivity contribution in [3.8, 4) is 29.2 Å². The predicted octanol–water partition coefficient (Wildman–Crippen LogP) is 2.99. The first-order chi connectivity index (χ1) is 10.8. The van der Waals surface area contributed by atoms with Gasteiger partial charge in [0.1, 0.15) is 12.4 Å². The number of aromatic carboxylic acids is 1. The molecule has 0 aliphatic carbocycles. The number of carboxylic acids is 1. The summed E-state index contributed by atoms with van der Waals surface area (Å²) in [5.74, 6) is 0.977. The van der Waals surface area contributed by atoms with Crippen molar-refractivity contribution in [3.05, 3.63) is 48.0 Å². The van der Waals surface area contributed by atoms with Crippen LogP contribution in [0.5, 0.6) is 5.75 Å². The first kappa shape index (κ1) is 16.9. The van der Waals surface area contributed by atoms with E-state index in [2.05, 4.69) is 5.92 Å². The summed E-state index contributed by atoms with van der Waals surface area (Å²) < 4.78 is 29.2. The zero-order valence-corrected chi connectivity index (χ0v) is 13.3. The zero-order chi connectivity index (χ0) is 17.0. The van der Waals surface area contributed by atoms with E-state index in [9.17, 15) is 13.2 Å². The minimum atomic E-state index is -4.21. The molecule has 0 saturated carbocycles. The molecule has 0 aliphatic rings. The van der Waals surface area contributed by atoms with E-state index in [1.165, 1.54) is 6.07 Å². The number of hydrogen-bond acceptors (Lipinski definition) is 4. The van der Waals surface area contributed by atoms with Gasteiger partial charge >= 0.3 is 5.97 Å². The van der Waals surface area contributed by atoms with E-state index in [0.29, 0.717) is 5.56 Å². The number of ether oxygens (including phenoxy) is 1. The van der Waals surface area contributed by atoms with Gasteiger partial charge in [0.15, 0.2) is 0 Å². The summed E-state index contributed by atoms with van der Waals surface area (Å²) in [5, 5.41) is 9.15. The number of carbonyl (C=O) groups is 1. The largest absolute Gasteiger partial charge is 0.480 e. The summed E-state index contributed by atoms with van der Waals surface area (Å²) in [6.45, 7) is -0.148. The number of hydrogen-bond donors (Lipinski definition) is 1. The van der Waals surface area contributed by atoms with Gasteiger partial charge in [-0.3, -0.25) is 0 Å². The van der Waals surface area contributed by atoms with Crippen LogP contribution in [0.2, 0.25) is 0 Å².